The van der Waals surface area contributed by atoms with E-state index < -0.39 is 22.3 Å². The second-order valence-corrected chi connectivity index (χ2v) is 4.41. The second kappa shape index (κ2) is 5.58. The number of phenols is 1. The van der Waals surface area contributed by atoms with E-state index in [1.165, 1.54) is 6.07 Å². The summed E-state index contributed by atoms with van der Waals surface area (Å²) < 4.78 is 13.3. The van der Waals surface area contributed by atoms with Gasteiger partial charge in [-0.15, -0.1) is 0 Å². The van der Waals surface area contributed by atoms with Gasteiger partial charge in [-0.05, 0) is 24.6 Å². The van der Waals surface area contributed by atoms with Crippen LogP contribution in [0.25, 0.3) is 0 Å². The number of carbonyl (C=O) groups excluding carboxylic acids is 1. The van der Waals surface area contributed by atoms with E-state index in [0.29, 0.717) is 11.3 Å². The molecule has 2 aromatic carbocycles. The zero-order chi connectivity index (χ0) is 15.6. The molecule has 0 heterocycles. The number of anilines is 1. The summed E-state index contributed by atoms with van der Waals surface area (Å²) in [4.78, 5) is 21.8. The number of nitro groups is 1. The van der Waals surface area contributed by atoms with Crippen molar-refractivity contribution in [1.29, 1.82) is 0 Å². The monoisotopic (exact) mass is 290 g/mol. The summed E-state index contributed by atoms with van der Waals surface area (Å²) in [5.41, 5.74) is 0.248. The van der Waals surface area contributed by atoms with E-state index in [4.69, 9.17) is 0 Å². The molecule has 0 aliphatic rings. The van der Waals surface area contributed by atoms with Gasteiger partial charge in [0.25, 0.3) is 11.6 Å². The SMILES string of the molecule is Cc1ccc(NC(=O)c2cc(F)cc([N+](=O)[O-])c2)cc1O. The number of halogens is 1. The third-order valence-corrected chi connectivity index (χ3v) is 2.82. The van der Waals surface area contributed by atoms with Crippen LogP contribution in [0.5, 0.6) is 5.75 Å². The number of amides is 1. The van der Waals surface area contributed by atoms with Crippen molar-refractivity contribution in [3.8, 4) is 5.75 Å². The lowest BCUT2D eigenvalue weighted by Gasteiger charge is -2.07. The van der Waals surface area contributed by atoms with Crippen LogP contribution in [0.4, 0.5) is 15.8 Å². The number of phenolic OH excluding ortho intramolecular Hbond substituents is 1. The van der Waals surface area contributed by atoms with Crippen molar-refractivity contribution in [2.45, 2.75) is 6.92 Å². The van der Waals surface area contributed by atoms with Crippen molar-refractivity contribution >= 4 is 17.3 Å². The first-order chi connectivity index (χ1) is 9.86. The lowest BCUT2D eigenvalue weighted by molar-refractivity contribution is -0.385. The summed E-state index contributed by atoms with van der Waals surface area (Å²) in [6.07, 6.45) is 0. The molecule has 2 rings (SSSR count). The standard InChI is InChI=1S/C14H11FN2O4/c1-8-2-3-11(7-13(8)18)16-14(19)9-4-10(15)6-12(5-9)17(20)21/h2-7,18H,1H3,(H,16,19). The highest BCUT2D eigenvalue weighted by atomic mass is 19.1. The van der Waals surface area contributed by atoms with E-state index in [1.807, 2.05) is 0 Å². The van der Waals surface area contributed by atoms with Crippen LogP contribution in [-0.2, 0) is 0 Å². The minimum atomic E-state index is -0.874. The second-order valence-electron chi connectivity index (χ2n) is 4.41. The number of nitro benzene ring substituents is 1. The number of aryl methyl sites for hydroxylation is 1. The number of non-ortho nitro benzene ring substituents is 1. The largest absolute Gasteiger partial charge is 0.508 e. The van der Waals surface area contributed by atoms with Crippen LogP contribution in [0.1, 0.15) is 15.9 Å². The van der Waals surface area contributed by atoms with Gasteiger partial charge in [-0.3, -0.25) is 14.9 Å². The number of nitrogens with zero attached hydrogens (tertiary/aromatic N) is 1. The molecule has 1 amide bonds. The minimum absolute atomic E-state index is 0.00183. The first-order valence-corrected chi connectivity index (χ1v) is 5.93. The Morgan fingerprint density at radius 1 is 1.29 bits per heavy atom. The maximum absolute atomic E-state index is 13.3. The molecule has 0 unspecified atom stereocenters. The normalized spacial score (nSPS) is 10.2. The molecular formula is C14H11FN2O4. The summed E-state index contributed by atoms with van der Waals surface area (Å²) in [7, 11) is 0. The zero-order valence-electron chi connectivity index (χ0n) is 11.0. The van der Waals surface area contributed by atoms with Gasteiger partial charge in [0.2, 0.25) is 0 Å². The number of carbonyl (C=O) groups is 1. The van der Waals surface area contributed by atoms with Crippen LogP contribution in [0.3, 0.4) is 0 Å². The van der Waals surface area contributed by atoms with Gasteiger partial charge in [-0.1, -0.05) is 6.07 Å². The molecule has 0 radical (unpaired) electrons. The summed E-state index contributed by atoms with van der Waals surface area (Å²) in [5.74, 6) is -1.58. The van der Waals surface area contributed by atoms with Crippen LogP contribution in [0, 0.1) is 22.9 Å². The number of hydrogen-bond acceptors (Lipinski definition) is 4. The van der Waals surface area contributed by atoms with E-state index in [-0.39, 0.29) is 11.3 Å². The van der Waals surface area contributed by atoms with Gasteiger partial charge in [-0.25, -0.2) is 4.39 Å². The van der Waals surface area contributed by atoms with E-state index in [9.17, 15) is 24.4 Å². The van der Waals surface area contributed by atoms with Gasteiger partial charge >= 0.3 is 0 Å². The lowest BCUT2D eigenvalue weighted by Crippen LogP contribution is -2.12. The quantitative estimate of drug-likeness (QED) is 0.671. The molecule has 0 bridgehead atoms. The number of nitrogens with one attached hydrogen (secondary N) is 1. The molecule has 0 fully saturated rings. The summed E-state index contributed by atoms with van der Waals surface area (Å²) in [6.45, 7) is 1.69. The maximum atomic E-state index is 13.3. The molecule has 6 nitrogen and oxygen atoms in total. The molecule has 21 heavy (non-hydrogen) atoms. The van der Waals surface area contributed by atoms with Gasteiger partial charge in [0, 0.05) is 23.4 Å². The average molecular weight is 290 g/mol. The minimum Gasteiger partial charge on any atom is -0.508 e. The number of hydrogen-bond donors (Lipinski definition) is 2. The Morgan fingerprint density at radius 3 is 2.62 bits per heavy atom. The van der Waals surface area contributed by atoms with E-state index in [1.54, 1.807) is 19.1 Å². The van der Waals surface area contributed by atoms with E-state index >= 15 is 0 Å². The first kappa shape index (κ1) is 14.4. The van der Waals surface area contributed by atoms with Crippen LogP contribution in [-0.4, -0.2) is 15.9 Å². The van der Waals surface area contributed by atoms with E-state index in [0.717, 1.165) is 18.2 Å². The van der Waals surface area contributed by atoms with Crippen LogP contribution in [0.2, 0.25) is 0 Å². The topological polar surface area (TPSA) is 92.5 Å². The highest BCUT2D eigenvalue weighted by Gasteiger charge is 2.15. The number of aromatic hydroxyl groups is 1. The smallest absolute Gasteiger partial charge is 0.273 e. The summed E-state index contributed by atoms with van der Waals surface area (Å²) in [5, 5.41) is 22.6. The number of rotatable bonds is 3. The molecule has 2 aromatic rings. The third kappa shape index (κ3) is 3.33. The van der Waals surface area contributed by atoms with Crippen molar-refractivity contribution in [3.05, 3.63) is 63.5 Å². The molecule has 0 aliphatic carbocycles. The van der Waals surface area contributed by atoms with E-state index in [2.05, 4.69) is 5.32 Å². The van der Waals surface area contributed by atoms with Crippen LogP contribution >= 0.6 is 0 Å². The molecule has 0 saturated heterocycles. The zero-order valence-corrected chi connectivity index (χ0v) is 11.0. The first-order valence-electron chi connectivity index (χ1n) is 5.93. The average Bonchev–Trinajstić information content (AvgIpc) is 2.42. The molecule has 108 valence electrons. The predicted molar refractivity (Wildman–Crippen MR) is 73.9 cm³/mol. The maximum Gasteiger partial charge on any atom is 0.273 e. The third-order valence-electron chi connectivity index (χ3n) is 2.82. The van der Waals surface area contributed by atoms with Gasteiger partial charge in [0.1, 0.15) is 11.6 Å². The van der Waals surface area contributed by atoms with Crippen molar-refractivity contribution in [2.24, 2.45) is 0 Å². The van der Waals surface area contributed by atoms with Gasteiger partial charge in [0.15, 0.2) is 0 Å². The molecule has 0 saturated carbocycles. The Hall–Kier alpha value is -2.96. The van der Waals surface area contributed by atoms with Gasteiger partial charge in [-0.2, -0.15) is 0 Å². The Balaban J connectivity index is 2.27. The van der Waals surface area contributed by atoms with Crippen molar-refractivity contribution in [1.82, 2.24) is 0 Å². The highest BCUT2D eigenvalue weighted by molar-refractivity contribution is 6.04. The molecule has 2 N–H and O–H groups in total. The Bertz CT molecular complexity index is 731. The summed E-state index contributed by atoms with van der Waals surface area (Å²) >= 11 is 0. The molecule has 7 heteroatoms. The highest BCUT2D eigenvalue weighted by Crippen LogP contribution is 2.22. The fourth-order valence-corrected chi connectivity index (χ4v) is 1.70. The fraction of sp³-hybridized carbons (Fsp3) is 0.0714. The Kier molecular flexibility index (Phi) is 3.84. The fourth-order valence-electron chi connectivity index (χ4n) is 1.70. The molecule has 0 aliphatic heterocycles. The van der Waals surface area contributed by atoms with Crippen LogP contribution < -0.4 is 5.32 Å². The van der Waals surface area contributed by atoms with Crippen molar-refractivity contribution in [2.75, 3.05) is 5.32 Å². The molecule has 0 spiro atoms. The van der Waals surface area contributed by atoms with Crippen LogP contribution in [0.15, 0.2) is 36.4 Å². The van der Waals surface area contributed by atoms with Crippen molar-refractivity contribution in [3.63, 3.8) is 0 Å². The lowest BCUT2D eigenvalue weighted by atomic mass is 10.1. The predicted octanol–water partition coefficient (Wildman–Crippen LogP) is 3.00. The summed E-state index contributed by atoms with van der Waals surface area (Å²) in [6, 6.07) is 7.10. The van der Waals surface area contributed by atoms with Crippen molar-refractivity contribution < 1.29 is 19.2 Å². The number of benzene rings is 2. The Morgan fingerprint density at radius 2 is 2.00 bits per heavy atom. The Labute approximate surface area is 119 Å². The molecule has 0 aromatic heterocycles. The van der Waals surface area contributed by atoms with Gasteiger partial charge < -0.3 is 10.4 Å². The molecular weight excluding hydrogens is 279 g/mol. The molecule has 0 atom stereocenters. The van der Waals surface area contributed by atoms with Gasteiger partial charge in [0.05, 0.1) is 11.0 Å².